The number of benzene rings is 2. The Labute approximate surface area is 183 Å². The molecular formula is C20H24O9Si2. The van der Waals surface area contributed by atoms with E-state index >= 15 is 0 Å². The molecule has 2 aromatic rings. The third-order valence-electron chi connectivity index (χ3n) is 3.18. The Balaban J connectivity index is 0.000000454. The summed E-state index contributed by atoms with van der Waals surface area (Å²) in [6, 6.07) is 11.0. The molecule has 31 heavy (non-hydrogen) atoms. The molecule has 0 fully saturated rings. The van der Waals surface area contributed by atoms with Crippen molar-refractivity contribution >= 4 is 42.0 Å². The maximum atomic E-state index is 10.5. The van der Waals surface area contributed by atoms with Crippen molar-refractivity contribution < 1.29 is 43.7 Å². The van der Waals surface area contributed by atoms with Crippen LogP contribution in [0.3, 0.4) is 0 Å². The van der Waals surface area contributed by atoms with E-state index in [2.05, 4.69) is 26.2 Å². The lowest BCUT2D eigenvalue weighted by Gasteiger charge is -2.14. The van der Waals surface area contributed by atoms with Gasteiger partial charge in [-0.25, -0.2) is 19.2 Å². The minimum Gasteiger partial charge on any atom is -0.478 e. The zero-order chi connectivity index (χ0) is 24.2. The summed E-state index contributed by atoms with van der Waals surface area (Å²) in [4.78, 5) is 41.9. The van der Waals surface area contributed by atoms with Gasteiger partial charge < -0.3 is 24.5 Å². The molecule has 0 aromatic heterocycles. The van der Waals surface area contributed by atoms with Crippen molar-refractivity contribution in [3.63, 3.8) is 0 Å². The molecule has 0 amide bonds. The lowest BCUT2D eigenvalue weighted by atomic mass is 10.1. The van der Waals surface area contributed by atoms with E-state index in [1.165, 1.54) is 48.5 Å². The van der Waals surface area contributed by atoms with Crippen molar-refractivity contribution in [3.05, 3.63) is 70.8 Å². The zero-order valence-electron chi connectivity index (χ0n) is 17.4. The fourth-order valence-electron chi connectivity index (χ4n) is 2.02. The Morgan fingerprint density at radius 1 is 0.645 bits per heavy atom. The molecule has 0 saturated heterocycles. The molecule has 0 spiro atoms. The number of rotatable bonds is 6. The first-order valence-corrected chi connectivity index (χ1v) is 13.6. The first-order chi connectivity index (χ1) is 14.3. The highest BCUT2D eigenvalue weighted by molar-refractivity contribution is 6.73. The molecular weight excluding hydrogens is 440 g/mol. The van der Waals surface area contributed by atoms with Crippen molar-refractivity contribution in [3.8, 4) is 0 Å². The largest absolute Gasteiger partial charge is 0.478 e. The van der Waals surface area contributed by atoms with E-state index < -0.39 is 32.2 Å². The highest BCUT2D eigenvalue weighted by Crippen LogP contribution is 2.08. The summed E-state index contributed by atoms with van der Waals surface area (Å²) < 4.78 is 5.40. The van der Waals surface area contributed by atoms with E-state index in [-0.39, 0.29) is 22.3 Å². The van der Waals surface area contributed by atoms with Crippen molar-refractivity contribution in [2.24, 2.45) is 0 Å². The van der Waals surface area contributed by atoms with Crippen LogP contribution in [0.5, 0.6) is 0 Å². The third-order valence-corrected chi connectivity index (χ3v) is 6.45. The van der Waals surface area contributed by atoms with Gasteiger partial charge in [0, 0.05) is 0 Å². The Hall–Kier alpha value is -3.29. The van der Waals surface area contributed by atoms with Crippen LogP contribution in [0.4, 0.5) is 0 Å². The summed E-state index contributed by atoms with van der Waals surface area (Å²) in [5.74, 6) is -4.91. The fraction of sp³-hybridized carbons (Fsp3) is 0.200. The van der Waals surface area contributed by atoms with Gasteiger partial charge in [-0.05, 0) is 50.5 Å². The summed E-state index contributed by atoms with van der Waals surface area (Å²) in [6.45, 7) is 8.66. The maximum absolute atomic E-state index is 10.5. The molecule has 11 heteroatoms. The van der Waals surface area contributed by atoms with Crippen molar-refractivity contribution in [1.82, 2.24) is 0 Å². The van der Waals surface area contributed by atoms with E-state index in [9.17, 15) is 19.2 Å². The monoisotopic (exact) mass is 464 g/mol. The smallest absolute Gasteiger partial charge is 0.336 e. The molecule has 0 aliphatic carbocycles. The number of carboxylic acids is 4. The van der Waals surface area contributed by atoms with Gasteiger partial charge >= 0.3 is 23.9 Å². The second-order valence-corrected chi connectivity index (χ2v) is 12.2. The number of carboxylic acid groups (broad SMARTS) is 4. The second-order valence-electron chi connectivity index (χ2n) is 6.73. The van der Waals surface area contributed by atoms with Gasteiger partial charge in [0.2, 0.25) is 9.76 Å². The van der Waals surface area contributed by atoms with Crippen LogP contribution in [-0.2, 0) is 4.12 Å². The van der Waals surface area contributed by atoms with Crippen LogP contribution < -0.4 is 0 Å². The molecule has 0 atom stereocenters. The Morgan fingerprint density at radius 2 is 0.871 bits per heavy atom. The van der Waals surface area contributed by atoms with Crippen LogP contribution in [0.1, 0.15) is 41.4 Å². The lowest BCUT2D eigenvalue weighted by molar-refractivity contribution is 0.0651. The van der Waals surface area contributed by atoms with E-state index in [4.69, 9.17) is 24.5 Å². The van der Waals surface area contributed by atoms with Crippen LogP contribution in [0.25, 0.3) is 0 Å². The molecule has 0 saturated carbocycles. The fourth-order valence-corrected chi connectivity index (χ4v) is 4.47. The van der Waals surface area contributed by atoms with Gasteiger partial charge in [0.1, 0.15) is 0 Å². The van der Waals surface area contributed by atoms with Crippen LogP contribution >= 0.6 is 0 Å². The first kappa shape index (κ1) is 27.7. The molecule has 9 nitrogen and oxygen atoms in total. The van der Waals surface area contributed by atoms with Gasteiger partial charge in [0.15, 0.2) is 8.32 Å². The molecule has 166 valence electrons. The Bertz CT molecular complexity index is 787. The normalized spacial score (nSPS) is 9.94. The minimum atomic E-state index is -1.23. The molecule has 0 unspecified atom stereocenters. The summed E-state index contributed by atoms with van der Waals surface area (Å²) >= 11 is 0. The molecule has 2 aromatic carbocycles. The average Bonchev–Trinajstić information content (AvgIpc) is 2.68. The summed E-state index contributed by atoms with van der Waals surface area (Å²) in [7, 11) is -0.474. The Morgan fingerprint density at radius 3 is 0.968 bits per heavy atom. The molecule has 0 heterocycles. The molecule has 0 aliphatic heterocycles. The summed E-state index contributed by atoms with van der Waals surface area (Å²) in [5.41, 5.74) is -0.759. The van der Waals surface area contributed by atoms with Gasteiger partial charge in [-0.2, -0.15) is 0 Å². The van der Waals surface area contributed by atoms with Gasteiger partial charge in [-0.3, -0.25) is 0 Å². The lowest BCUT2D eigenvalue weighted by Crippen LogP contribution is -2.26. The van der Waals surface area contributed by atoms with E-state index in [0.717, 1.165) is 0 Å². The predicted octanol–water partition coefficient (Wildman–Crippen LogP) is 3.67. The molecule has 2 radical (unpaired) electrons. The van der Waals surface area contributed by atoms with Crippen molar-refractivity contribution in [1.29, 1.82) is 0 Å². The summed E-state index contributed by atoms with van der Waals surface area (Å²) in [6.07, 6.45) is 0. The van der Waals surface area contributed by atoms with Gasteiger partial charge in [0.05, 0.1) is 22.3 Å². The Kier molecular flexibility index (Phi) is 11.7. The quantitative estimate of drug-likeness (QED) is 0.468. The van der Waals surface area contributed by atoms with E-state index in [1.807, 2.05) is 0 Å². The topological polar surface area (TPSA) is 158 Å². The highest BCUT2D eigenvalue weighted by atomic mass is 28.4. The van der Waals surface area contributed by atoms with Crippen LogP contribution in [0.15, 0.2) is 48.5 Å². The van der Waals surface area contributed by atoms with Gasteiger partial charge in [0.25, 0.3) is 0 Å². The average molecular weight is 465 g/mol. The summed E-state index contributed by atoms with van der Waals surface area (Å²) in [5, 5.41) is 34.2. The predicted molar refractivity (Wildman–Crippen MR) is 117 cm³/mol. The molecule has 0 bridgehead atoms. The maximum Gasteiger partial charge on any atom is 0.336 e. The minimum absolute atomic E-state index is 0.190. The third kappa shape index (κ3) is 10.9. The van der Waals surface area contributed by atoms with Gasteiger partial charge in [-0.1, -0.05) is 24.3 Å². The van der Waals surface area contributed by atoms with Crippen molar-refractivity contribution in [2.75, 3.05) is 0 Å². The van der Waals surface area contributed by atoms with Crippen LogP contribution in [-0.4, -0.2) is 62.4 Å². The highest BCUT2D eigenvalue weighted by Gasteiger charge is 2.14. The number of hydrogen-bond donors (Lipinski definition) is 4. The van der Waals surface area contributed by atoms with E-state index in [1.54, 1.807) is 0 Å². The van der Waals surface area contributed by atoms with Crippen molar-refractivity contribution in [2.45, 2.75) is 26.2 Å². The SMILES string of the molecule is C[Si]O[Si](C)(C)C.O=C(O)c1ccccc1C(=O)O.O=C(O)c1ccccc1C(=O)O. The number of aromatic carboxylic acids is 4. The standard InChI is InChI=1S/2C8H6O4.C4H12OSi2/c2*9-7(10)5-3-1-2-4-6(5)8(11)12;1-6-5-7(2,3)4/h2*1-4H,(H,9,10)(H,11,12);1-4H3. The van der Waals surface area contributed by atoms with Gasteiger partial charge in [-0.15, -0.1) is 0 Å². The molecule has 2 rings (SSSR count). The molecule has 4 N–H and O–H groups in total. The number of carbonyl (C=O) groups is 4. The van der Waals surface area contributed by atoms with Crippen LogP contribution in [0.2, 0.25) is 26.2 Å². The zero-order valence-corrected chi connectivity index (χ0v) is 19.4. The first-order valence-electron chi connectivity index (χ1n) is 8.77. The molecule has 0 aliphatic rings. The second kappa shape index (κ2) is 13.1. The van der Waals surface area contributed by atoms with Crippen LogP contribution in [0, 0.1) is 0 Å². The van der Waals surface area contributed by atoms with E-state index in [0.29, 0.717) is 9.76 Å². The number of hydrogen-bond acceptors (Lipinski definition) is 5.